The number of nitrogens with zero attached hydrogens (tertiary/aromatic N) is 4. The Kier molecular flexibility index (Phi) is 6.94. The van der Waals surface area contributed by atoms with Crippen LogP contribution in [0.4, 0.5) is 0 Å². The summed E-state index contributed by atoms with van der Waals surface area (Å²) in [6, 6.07) is 19.9. The number of carbonyl (C=O) groups is 2. The van der Waals surface area contributed by atoms with Crippen molar-refractivity contribution in [1.29, 1.82) is 0 Å². The molecule has 0 aliphatic carbocycles. The van der Waals surface area contributed by atoms with Gasteiger partial charge in [0.1, 0.15) is 5.82 Å². The van der Waals surface area contributed by atoms with Crippen molar-refractivity contribution in [3.8, 4) is 5.69 Å². The molecule has 1 saturated heterocycles. The highest BCUT2D eigenvalue weighted by Gasteiger charge is 2.31. The van der Waals surface area contributed by atoms with Gasteiger partial charge in [0.05, 0.1) is 18.2 Å². The number of hydrogen-bond acceptors (Lipinski definition) is 5. The molecule has 1 fully saturated rings. The molecule has 0 N–H and O–H groups in total. The lowest BCUT2D eigenvalue weighted by Gasteiger charge is -2.30. The average Bonchev–Trinajstić information content (AvgIpc) is 3.28. The SMILES string of the molecule is CCOC(=O)C1CCCN(C(=O)c2nc(CCc3ccccc3)n(-c3ccccc3)n2)C1. The van der Waals surface area contributed by atoms with Crippen LogP contribution >= 0.6 is 0 Å². The van der Waals surface area contributed by atoms with Gasteiger partial charge < -0.3 is 9.64 Å². The van der Waals surface area contributed by atoms with E-state index in [9.17, 15) is 9.59 Å². The van der Waals surface area contributed by atoms with Crippen molar-refractivity contribution in [2.45, 2.75) is 32.6 Å². The van der Waals surface area contributed by atoms with Gasteiger partial charge in [-0.2, -0.15) is 0 Å². The fourth-order valence-corrected chi connectivity index (χ4v) is 4.03. The summed E-state index contributed by atoms with van der Waals surface area (Å²) >= 11 is 0. The van der Waals surface area contributed by atoms with Crippen LogP contribution in [0.25, 0.3) is 5.69 Å². The standard InChI is InChI=1S/C25H28N4O3/c1-2-32-25(31)20-12-9-17-28(18-20)24(30)23-26-22(16-15-19-10-5-3-6-11-19)29(27-23)21-13-7-4-8-14-21/h3-8,10-11,13-14,20H,2,9,12,15-18H2,1H3. The van der Waals surface area contributed by atoms with E-state index in [1.165, 1.54) is 5.56 Å². The minimum atomic E-state index is -0.290. The molecule has 0 radical (unpaired) electrons. The highest BCUT2D eigenvalue weighted by Crippen LogP contribution is 2.20. The van der Waals surface area contributed by atoms with Crippen LogP contribution in [0.3, 0.4) is 0 Å². The van der Waals surface area contributed by atoms with E-state index >= 15 is 0 Å². The third-order valence-electron chi connectivity index (χ3n) is 5.67. The Bertz CT molecular complexity index is 1050. The van der Waals surface area contributed by atoms with E-state index in [4.69, 9.17) is 4.74 Å². The molecule has 2 heterocycles. The van der Waals surface area contributed by atoms with Crippen molar-refractivity contribution in [2.24, 2.45) is 5.92 Å². The Labute approximate surface area is 188 Å². The smallest absolute Gasteiger partial charge is 0.310 e. The maximum absolute atomic E-state index is 13.2. The monoisotopic (exact) mass is 432 g/mol. The van der Waals surface area contributed by atoms with E-state index in [0.717, 1.165) is 30.8 Å². The zero-order valence-electron chi connectivity index (χ0n) is 18.3. The Balaban J connectivity index is 1.56. The average molecular weight is 433 g/mol. The van der Waals surface area contributed by atoms with Gasteiger partial charge >= 0.3 is 5.97 Å². The van der Waals surface area contributed by atoms with Crippen LogP contribution in [-0.2, 0) is 22.4 Å². The minimum Gasteiger partial charge on any atom is -0.466 e. The Morgan fingerprint density at radius 3 is 2.47 bits per heavy atom. The predicted octanol–water partition coefficient (Wildman–Crippen LogP) is 3.47. The fourth-order valence-electron chi connectivity index (χ4n) is 4.03. The zero-order valence-corrected chi connectivity index (χ0v) is 18.3. The van der Waals surface area contributed by atoms with Gasteiger partial charge in [0.2, 0.25) is 5.82 Å². The van der Waals surface area contributed by atoms with Gasteiger partial charge in [-0.15, -0.1) is 5.10 Å². The Morgan fingerprint density at radius 2 is 1.75 bits per heavy atom. The number of carbonyl (C=O) groups excluding carboxylic acids is 2. The lowest BCUT2D eigenvalue weighted by molar-refractivity contribution is -0.149. The first kappa shape index (κ1) is 21.7. The molecule has 1 aliphatic rings. The molecule has 4 rings (SSSR count). The zero-order chi connectivity index (χ0) is 22.3. The molecule has 0 spiro atoms. The molecular formula is C25H28N4O3. The van der Waals surface area contributed by atoms with Gasteiger partial charge in [0.25, 0.3) is 5.91 Å². The molecule has 3 aromatic rings. The number of likely N-dealkylation sites (tertiary alicyclic amines) is 1. The van der Waals surface area contributed by atoms with E-state index in [-0.39, 0.29) is 23.6 Å². The first-order valence-corrected chi connectivity index (χ1v) is 11.2. The number of piperidine rings is 1. The van der Waals surface area contributed by atoms with Crippen molar-refractivity contribution < 1.29 is 14.3 Å². The molecule has 7 nitrogen and oxygen atoms in total. The van der Waals surface area contributed by atoms with Crippen LogP contribution in [0.2, 0.25) is 0 Å². The molecule has 1 amide bonds. The number of ether oxygens (including phenoxy) is 1. The number of hydrogen-bond donors (Lipinski definition) is 0. The predicted molar refractivity (Wildman–Crippen MR) is 120 cm³/mol. The highest BCUT2D eigenvalue weighted by atomic mass is 16.5. The maximum Gasteiger partial charge on any atom is 0.310 e. The minimum absolute atomic E-state index is 0.168. The summed E-state index contributed by atoms with van der Waals surface area (Å²) in [5, 5.41) is 4.57. The van der Waals surface area contributed by atoms with Gasteiger partial charge in [-0.05, 0) is 43.9 Å². The molecule has 32 heavy (non-hydrogen) atoms. The molecule has 1 unspecified atom stereocenters. The summed E-state index contributed by atoms with van der Waals surface area (Å²) in [5.74, 6) is 0.135. The van der Waals surface area contributed by atoms with Gasteiger partial charge in [-0.25, -0.2) is 9.67 Å². The number of para-hydroxylation sites is 1. The molecule has 1 aromatic heterocycles. The molecular weight excluding hydrogens is 404 g/mol. The van der Waals surface area contributed by atoms with Crippen LogP contribution in [-0.4, -0.2) is 51.2 Å². The molecule has 2 aromatic carbocycles. The summed E-state index contributed by atoms with van der Waals surface area (Å²) in [5.41, 5.74) is 2.07. The lowest BCUT2D eigenvalue weighted by atomic mass is 9.98. The van der Waals surface area contributed by atoms with E-state index < -0.39 is 0 Å². The van der Waals surface area contributed by atoms with Crippen LogP contribution in [0.5, 0.6) is 0 Å². The summed E-state index contributed by atoms with van der Waals surface area (Å²) in [6.07, 6.45) is 2.95. The van der Waals surface area contributed by atoms with E-state index in [0.29, 0.717) is 26.1 Å². The second-order valence-electron chi connectivity index (χ2n) is 7.93. The van der Waals surface area contributed by atoms with E-state index in [1.807, 2.05) is 48.5 Å². The molecule has 0 saturated carbocycles. The summed E-state index contributed by atoms with van der Waals surface area (Å²) in [6.45, 7) is 3.07. The van der Waals surface area contributed by atoms with E-state index in [1.54, 1.807) is 16.5 Å². The fraction of sp³-hybridized carbons (Fsp3) is 0.360. The second kappa shape index (κ2) is 10.2. The largest absolute Gasteiger partial charge is 0.466 e. The molecule has 166 valence electrons. The van der Waals surface area contributed by atoms with Crippen molar-refractivity contribution in [1.82, 2.24) is 19.7 Å². The first-order chi connectivity index (χ1) is 15.7. The van der Waals surface area contributed by atoms with Crippen molar-refractivity contribution in [3.63, 3.8) is 0 Å². The maximum atomic E-state index is 13.2. The number of aryl methyl sites for hydroxylation is 2. The third-order valence-corrected chi connectivity index (χ3v) is 5.67. The molecule has 7 heteroatoms. The number of benzene rings is 2. The van der Waals surface area contributed by atoms with Crippen LogP contribution in [0, 0.1) is 5.92 Å². The molecule has 0 bridgehead atoms. The molecule has 1 aliphatic heterocycles. The van der Waals surface area contributed by atoms with E-state index in [2.05, 4.69) is 22.2 Å². The third kappa shape index (κ3) is 5.04. The van der Waals surface area contributed by atoms with Gasteiger partial charge in [0, 0.05) is 19.5 Å². The lowest BCUT2D eigenvalue weighted by Crippen LogP contribution is -2.43. The van der Waals surface area contributed by atoms with Gasteiger partial charge in [-0.3, -0.25) is 9.59 Å². The normalized spacial score (nSPS) is 16.0. The number of aromatic nitrogens is 3. The van der Waals surface area contributed by atoms with Gasteiger partial charge in [0.15, 0.2) is 0 Å². The number of esters is 1. The van der Waals surface area contributed by atoms with Crippen LogP contribution in [0.1, 0.15) is 41.8 Å². The number of amides is 1. The van der Waals surface area contributed by atoms with Crippen LogP contribution < -0.4 is 0 Å². The summed E-state index contributed by atoms with van der Waals surface area (Å²) in [4.78, 5) is 31.7. The second-order valence-corrected chi connectivity index (χ2v) is 7.93. The van der Waals surface area contributed by atoms with Crippen LogP contribution in [0.15, 0.2) is 60.7 Å². The number of rotatable bonds is 7. The topological polar surface area (TPSA) is 77.3 Å². The Hall–Kier alpha value is -3.48. The van der Waals surface area contributed by atoms with Crippen molar-refractivity contribution in [2.75, 3.05) is 19.7 Å². The summed E-state index contributed by atoms with van der Waals surface area (Å²) in [7, 11) is 0. The van der Waals surface area contributed by atoms with Crippen molar-refractivity contribution in [3.05, 3.63) is 77.9 Å². The molecule has 1 atom stereocenters. The highest BCUT2D eigenvalue weighted by molar-refractivity contribution is 5.91. The first-order valence-electron chi connectivity index (χ1n) is 11.2. The quantitative estimate of drug-likeness (QED) is 0.535. The van der Waals surface area contributed by atoms with Gasteiger partial charge in [-0.1, -0.05) is 48.5 Å². The van der Waals surface area contributed by atoms with Crippen molar-refractivity contribution >= 4 is 11.9 Å². The summed E-state index contributed by atoms with van der Waals surface area (Å²) < 4.78 is 6.91. The Morgan fingerprint density at radius 1 is 1.03 bits per heavy atom.